The summed E-state index contributed by atoms with van der Waals surface area (Å²) in [5, 5.41) is 0.336. The standard InChI is InChI=1S/C16H25NO2S/c1-12-4-3-5-15(10-12)20(18)11-16(17)13-6-8-14(19-2)9-7-13/h6-9,12,15-16H,3-5,10-11,17H2,1-2H3. The van der Waals surface area contributed by atoms with E-state index in [4.69, 9.17) is 10.5 Å². The van der Waals surface area contributed by atoms with Crippen LogP contribution in [0.5, 0.6) is 5.75 Å². The third kappa shape index (κ3) is 4.06. The Balaban J connectivity index is 1.92. The summed E-state index contributed by atoms with van der Waals surface area (Å²) in [6, 6.07) is 7.58. The van der Waals surface area contributed by atoms with Crippen LogP contribution in [0.2, 0.25) is 0 Å². The zero-order chi connectivity index (χ0) is 14.5. The Morgan fingerprint density at radius 1 is 1.35 bits per heavy atom. The van der Waals surface area contributed by atoms with Crippen LogP contribution in [0.15, 0.2) is 24.3 Å². The number of methoxy groups -OCH3 is 1. The molecule has 2 rings (SSSR count). The first-order valence-electron chi connectivity index (χ1n) is 7.37. The third-order valence-electron chi connectivity index (χ3n) is 4.15. The van der Waals surface area contributed by atoms with Crippen molar-refractivity contribution in [1.29, 1.82) is 0 Å². The van der Waals surface area contributed by atoms with Gasteiger partial charge < -0.3 is 10.5 Å². The van der Waals surface area contributed by atoms with E-state index < -0.39 is 10.8 Å². The first kappa shape index (κ1) is 15.5. The predicted molar refractivity (Wildman–Crippen MR) is 84.4 cm³/mol. The average Bonchev–Trinajstić information content (AvgIpc) is 2.47. The third-order valence-corrected chi connectivity index (χ3v) is 6.01. The second-order valence-corrected chi connectivity index (χ2v) is 7.58. The van der Waals surface area contributed by atoms with Crippen molar-refractivity contribution in [3.63, 3.8) is 0 Å². The summed E-state index contributed by atoms with van der Waals surface area (Å²) < 4.78 is 17.6. The lowest BCUT2D eigenvalue weighted by Crippen LogP contribution is -2.29. The van der Waals surface area contributed by atoms with Crippen molar-refractivity contribution in [3.05, 3.63) is 29.8 Å². The lowest BCUT2D eigenvalue weighted by molar-refractivity contribution is 0.389. The second kappa shape index (κ2) is 7.23. The fourth-order valence-corrected chi connectivity index (χ4v) is 4.67. The molecule has 1 saturated carbocycles. The predicted octanol–water partition coefficient (Wildman–Crippen LogP) is 3.02. The van der Waals surface area contributed by atoms with E-state index in [0.29, 0.717) is 16.9 Å². The minimum atomic E-state index is -0.821. The Kier molecular flexibility index (Phi) is 5.61. The molecule has 0 heterocycles. The molecule has 1 aliphatic rings. The van der Waals surface area contributed by atoms with Crippen LogP contribution in [0.3, 0.4) is 0 Å². The van der Waals surface area contributed by atoms with Gasteiger partial charge in [0, 0.05) is 27.8 Å². The topological polar surface area (TPSA) is 52.3 Å². The van der Waals surface area contributed by atoms with Crippen molar-refractivity contribution in [2.45, 2.75) is 43.9 Å². The van der Waals surface area contributed by atoms with Gasteiger partial charge in [-0.05, 0) is 36.5 Å². The lowest BCUT2D eigenvalue weighted by Gasteiger charge is -2.27. The summed E-state index contributed by atoms with van der Waals surface area (Å²) in [4.78, 5) is 0. The van der Waals surface area contributed by atoms with Crippen molar-refractivity contribution >= 4 is 10.8 Å². The zero-order valence-corrected chi connectivity index (χ0v) is 13.2. The van der Waals surface area contributed by atoms with Gasteiger partial charge in [0.1, 0.15) is 5.75 Å². The van der Waals surface area contributed by atoms with E-state index in [9.17, 15) is 4.21 Å². The van der Waals surface area contributed by atoms with Gasteiger partial charge in [-0.2, -0.15) is 0 Å². The SMILES string of the molecule is COc1ccc(C(N)CS(=O)C2CCCC(C)C2)cc1. The number of ether oxygens (including phenoxy) is 1. The zero-order valence-electron chi connectivity index (χ0n) is 12.4. The maximum absolute atomic E-state index is 12.5. The molecule has 1 aromatic carbocycles. The van der Waals surface area contributed by atoms with Gasteiger partial charge >= 0.3 is 0 Å². The van der Waals surface area contributed by atoms with Crippen molar-refractivity contribution in [2.75, 3.05) is 12.9 Å². The summed E-state index contributed by atoms with van der Waals surface area (Å²) in [6.45, 7) is 2.26. The minimum Gasteiger partial charge on any atom is -0.497 e. The largest absolute Gasteiger partial charge is 0.497 e. The minimum absolute atomic E-state index is 0.154. The van der Waals surface area contributed by atoms with Crippen molar-refractivity contribution < 1.29 is 8.95 Å². The Morgan fingerprint density at radius 3 is 2.65 bits per heavy atom. The van der Waals surface area contributed by atoms with Gasteiger partial charge in [-0.25, -0.2) is 0 Å². The Bertz CT molecular complexity index is 446. The lowest BCUT2D eigenvalue weighted by atomic mass is 9.91. The van der Waals surface area contributed by atoms with Crippen LogP contribution in [0.4, 0.5) is 0 Å². The number of benzene rings is 1. The fourth-order valence-electron chi connectivity index (χ4n) is 2.88. The highest BCUT2D eigenvalue weighted by Gasteiger charge is 2.25. The van der Waals surface area contributed by atoms with Gasteiger partial charge in [0.15, 0.2) is 0 Å². The van der Waals surface area contributed by atoms with Gasteiger partial charge in [0.25, 0.3) is 0 Å². The van der Waals surface area contributed by atoms with E-state index in [0.717, 1.165) is 24.2 Å². The summed E-state index contributed by atoms with van der Waals surface area (Å²) in [5.74, 6) is 2.09. The molecular weight excluding hydrogens is 270 g/mol. The highest BCUT2D eigenvalue weighted by Crippen LogP contribution is 2.28. The van der Waals surface area contributed by atoms with E-state index in [1.165, 1.54) is 12.8 Å². The van der Waals surface area contributed by atoms with Crippen molar-refractivity contribution in [1.82, 2.24) is 0 Å². The van der Waals surface area contributed by atoms with Gasteiger partial charge in [-0.15, -0.1) is 0 Å². The number of hydrogen-bond donors (Lipinski definition) is 1. The Morgan fingerprint density at radius 2 is 2.05 bits per heavy atom. The molecule has 0 aliphatic heterocycles. The molecule has 1 fully saturated rings. The summed E-state index contributed by atoms with van der Waals surface area (Å²) in [7, 11) is 0.826. The number of nitrogens with two attached hydrogens (primary N) is 1. The average molecular weight is 295 g/mol. The molecule has 0 bridgehead atoms. The van der Waals surface area contributed by atoms with Crippen molar-refractivity contribution in [2.24, 2.45) is 11.7 Å². The summed E-state index contributed by atoms with van der Waals surface area (Å²) in [6.07, 6.45) is 4.65. The van der Waals surface area contributed by atoms with E-state index >= 15 is 0 Å². The van der Waals surface area contributed by atoms with Crippen molar-refractivity contribution in [3.8, 4) is 5.75 Å². The van der Waals surface area contributed by atoms with E-state index in [1.54, 1.807) is 7.11 Å². The quantitative estimate of drug-likeness (QED) is 0.908. The second-order valence-electron chi connectivity index (χ2n) is 5.82. The van der Waals surface area contributed by atoms with Gasteiger partial charge in [0.05, 0.1) is 7.11 Å². The molecule has 1 aliphatic carbocycles. The Labute approximate surface area is 124 Å². The maximum Gasteiger partial charge on any atom is 0.118 e. The first-order valence-corrected chi connectivity index (χ1v) is 8.75. The normalized spacial score (nSPS) is 25.9. The van der Waals surface area contributed by atoms with Crippen LogP contribution >= 0.6 is 0 Å². The number of rotatable bonds is 5. The Hall–Kier alpha value is -0.870. The molecule has 0 aromatic heterocycles. The van der Waals surface area contributed by atoms with Crippen LogP contribution in [0, 0.1) is 5.92 Å². The van der Waals surface area contributed by atoms with Crippen LogP contribution in [0.1, 0.15) is 44.2 Å². The van der Waals surface area contributed by atoms with Crippen LogP contribution in [-0.2, 0) is 10.8 Å². The molecule has 2 N–H and O–H groups in total. The molecule has 0 amide bonds. The molecule has 112 valence electrons. The maximum atomic E-state index is 12.5. The van der Waals surface area contributed by atoms with E-state index in [-0.39, 0.29) is 6.04 Å². The molecule has 3 nitrogen and oxygen atoms in total. The molecule has 20 heavy (non-hydrogen) atoms. The highest BCUT2D eigenvalue weighted by molar-refractivity contribution is 7.85. The molecule has 4 atom stereocenters. The molecule has 1 aromatic rings. The van der Waals surface area contributed by atoms with Crippen LogP contribution < -0.4 is 10.5 Å². The first-order chi connectivity index (χ1) is 9.60. The van der Waals surface area contributed by atoms with Gasteiger partial charge in [0.2, 0.25) is 0 Å². The van der Waals surface area contributed by atoms with Crippen LogP contribution in [0.25, 0.3) is 0 Å². The smallest absolute Gasteiger partial charge is 0.118 e. The molecule has 0 radical (unpaired) electrons. The van der Waals surface area contributed by atoms with Gasteiger partial charge in [-0.1, -0.05) is 31.9 Å². The molecule has 4 unspecified atom stereocenters. The monoisotopic (exact) mass is 295 g/mol. The molecule has 0 spiro atoms. The molecule has 0 saturated heterocycles. The van der Waals surface area contributed by atoms with E-state index in [1.807, 2.05) is 24.3 Å². The molecule has 4 heteroatoms. The molecular formula is C16H25NO2S. The highest BCUT2D eigenvalue weighted by atomic mass is 32.2. The summed E-state index contributed by atoms with van der Waals surface area (Å²) in [5.41, 5.74) is 7.23. The fraction of sp³-hybridized carbons (Fsp3) is 0.625. The van der Waals surface area contributed by atoms with Crippen LogP contribution in [-0.4, -0.2) is 22.3 Å². The summed E-state index contributed by atoms with van der Waals surface area (Å²) >= 11 is 0. The van der Waals surface area contributed by atoms with E-state index in [2.05, 4.69) is 6.92 Å². The number of hydrogen-bond acceptors (Lipinski definition) is 3. The van der Waals surface area contributed by atoms with Gasteiger partial charge in [-0.3, -0.25) is 4.21 Å².